The van der Waals surface area contributed by atoms with Gasteiger partial charge in [0.2, 0.25) is 0 Å². The first-order chi connectivity index (χ1) is 27.6. The van der Waals surface area contributed by atoms with Crippen LogP contribution in [0.3, 0.4) is 0 Å². The molecule has 56 heavy (non-hydrogen) atoms. The molecule has 0 bridgehead atoms. The second-order valence-electron chi connectivity index (χ2n) is 15.0. The van der Waals surface area contributed by atoms with Gasteiger partial charge in [-0.15, -0.1) is 11.3 Å². The predicted octanol–water partition coefficient (Wildman–Crippen LogP) is 15.3. The van der Waals surface area contributed by atoms with E-state index >= 15 is 0 Å². The smallest absolute Gasteiger partial charge is 0.0467 e. The summed E-state index contributed by atoms with van der Waals surface area (Å²) in [6.45, 7) is 2.40. The lowest BCUT2D eigenvalue weighted by molar-refractivity contribution is 0.714. The molecular weight excluding hydrogens is 695 g/mol. The van der Waals surface area contributed by atoms with E-state index in [1.807, 2.05) is 11.3 Å². The van der Waals surface area contributed by atoms with Crippen LogP contribution in [0.1, 0.15) is 23.6 Å². The fourth-order valence-electron chi connectivity index (χ4n) is 9.23. The first-order valence-corrected chi connectivity index (χ1v) is 20.2. The molecule has 1 atom stereocenters. The van der Waals surface area contributed by atoms with Crippen molar-refractivity contribution in [2.75, 3.05) is 4.90 Å². The molecule has 0 amide bonds. The number of hydrogen-bond donors (Lipinski definition) is 0. The molecule has 0 saturated heterocycles. The molecule has 1 aliphatic carbocycles. The van der Waals surface area contributed by atoms with Gasteiger partial charge in [-0.1, -0.05) is 164 Å². The molecule has 1 aromatic heterocycles. The molecule has 1 heterocycles. The van der Waals surface area contributed by atoms with E-state index in [-0.39, 0.29) is 5.41 Å². The van der Waals surface area contributed by atoms with Crippen LogP contribution in [0.15, 0.2) is 206 Å². The minimum absolute atomic E-state index is 0.307. The van der Waals surface area contributed by atoms with E-state index in [4.69, 9.17) is 0 Å². The van der Waals surface area contributed by atoms with E-state index in [2.05, 4.69) is 218 Å². The van der Waals surface area contributed by atoms with Gasteiger partial charge in [0.15, 0.2) is 0 Å². The van der Waals surface area contributed by atoms with E-state index in [1.165, 1.54) is 81.0 Å². The molecule has 264 valence electrons. The Balaban J connectivity index is 1.13. The maximum atomic E-state index is 2.46. The summed E-state index contributed by atoms with van der Waals surface area (Å²) in [5, 5.41) is 5.13. The second-order valence-corrected chi connectivity index (χ2v) is 16.1. The summed E-state index contributed by atoms with van der Waals surface area (Å²) >= 11 is 1.88. The third-order valence-corrected chi connectivity index (χ3v) is 13.2. The monoisotopic (exact) mass is 731 g/mol. The first kappa shape index (κ1) is 32.7. The molecule has 1 unspecified atom stereocenters. The van der Waals surface area contributed by atoms with Crippen LogP contribution < -0.4 is 4.90 Å². The molecule has 9 aromatic carbocycles. The summed E-state index contributed by atoms with van der Waals surface area (Å²) in [4.78, 5) is 2.46. The Kier molecular flexibility index (Phi) is 7.55. The standard InChI is InChI=1S/C54H37NS/c1-54(39-19-3-2-4-20-39)50-29-9-7-24-46(50)47-32-31-42(35-51(47)54)55(40-21-11-17-37(33-40)44-26-13-16-36-15-5-6-23-43(36)44)41-22-12-18-38(34-41)45-27-14-28-49-48-25-8-10-30-52(48)56-53(45)49/h2-35H,1H3. The van der Waals surface area contributed by atoms with Crippen molar-refractivity contribution in [1.82, 2.24) is 0 Å². The third kappa shape index (κ3) is 5.07. The Morgan fingerprint density at radius 1 is 0.393 bits per heavy atom. The van der Waals surface area contributed by atoms with Crippen molar-refractivity contribution in [3.8, 4) is 33.4 Å². The molecule has 1 aliphatic rings. The van der Waals surface area contributed by atoms with E-state index in [9.17, 15) is 0 Å². The molecular formula is C54H37NS. The Labute approximate surface area is 331 Å². The highest BCUT2D eigenvalue weighted by molar-refractivity contribution is 7.26. The molecule has 10 aromatic rings. The third-order valence-electron chi connectivity index (χ3n) is 11.9. The molecule has 0 spiro atoms. The summed E-state index contributed by atoms with van der Waals surface area (Å²) < 4.78 is 2.64. The number of fused-ring (bicyclic) bond motifs is 7. The van der Waals surface area contributed by atoms with Gasteiger partial charge in [-0.3, -0.25) is 0 Å². The highest BCUT2D eigenvalue weighted by Gasteiger charge is 2.41. The highest BCUT2D eigenvalue weighted by atomic mass is 32.1. The SMILES string of the molecule is CC1(c2ccccc2)c2ccccc2-c2ccc(N(c3cccc(-c4cccc5ccccc45)c3)c3cccc(-c4cccc5c4sc4ccccc45)c3)cc21. The Morgan fingerprint density at radius 3 is 1.80 bits per heavy atom. The van der Waals surface area contributed by atoms with E-state index in [1.54, 1.807) is 0 Å². The topological polar surface area (TPSA) is 3.24 Å². The van der Waals surface area contributed by atoms with Crippen molar-refractivity contribution in [3.63, 3.8) is 0 Å². The average Bonchev–Trinajstić information content (AvgIpc) is 3.77. The zero-order chi connectivity index (χ0) is 37.2. The minimum atomic E-state index is -0.307. The number of thiophene rings is 1. The molecule has 1 nitrogen and oxygen atoms in total. The lowest BCUT2D eigenvalue weighted by Gasteiger charge is -2.31. The number of benzene rings is 9. The highest BCUT2D eigenvalue weighted by Crippen LogP contribution is 2.54. The fourth-order valence-corrected chi connectivity index (χ4v) is 10.5. The second kappa shape index (κ2) is 12.9. The normalized spacial score (nSPS) is 14.6. The van der Waals surface area contributed by atoms with Crippen LogP contribution >= 0.6 is 11.3 Å². The quantitative estimate of drug-likeness (QED) is 0.165. The van der Waals surface area contributed by atoms with Gasteiger partial charge in [0.05, 0.1) is 0 Å². The fraction of sp³-hybridized carbons (Fsp3) is 0.0370. The molecule has 0 aliphatic heterocycles. The summed E-state index contributed by atoms with van der Waals surface area (Å²) in [6, 6.07) is 76.1. The van der Waals surface area contributed by atoms with Crippen molar-refractivity contribution < 1.29 is 0 Å². The van der Waals surface area contributed by atoms with E-state index in [0.29, 0.717) is 0 Å². The largest absolute Gasteiger partial charge is 0.310 e. The zero-order valence-corrected chi connectivity index (χ0v) is 31.8. The van der Waals surface area contributed by atoms with E-state index < -0.39 is 0 Å². The van der Waals surface area contributed by atoms with Gasteiger partial charge < -0.3 is 4.90 Å². The van der Waals surface area contributed by atoms with Crippen LogP contribution in [0.4, 0.5) is 17.1 Å². The first-order valence-electron chi connectivity index (χ1n) is 19.3. The Morgan fingerprint density at radius 2 is 0.964 bits per heavy atom. The van der Waals surface area contributed by atoms with Crippen LogP contribution in [0, 0.1) is 0 Å². The number of rotatable bonds is 6. The van der Waals surface area contributed by atoms with Gasteiger partial charge >= 0.3 is 0 Å². The molecule has 0 saturated carbocycles. The maximum Gasteiger partial charge on any atom is 0.0467 e. The number of nitrogens with zero attached hydrogens (tertiary/aromatic N) is 1. The lowest BCUT2D eigenvalue weighted by Crippen LogP contribution is -2.22. The van der Waals surface area contributed by atoms with Gasteiger partial charge in [0, 0.05) is 42.6 Å². The van der Waals surface area contributed by atoms with E-state index in [0.717, 1.165) is 17.1 Å². The van der Waals surface area contributed by atoms with Gasteiger partial charge in [-0.25, -0.2) is 0 Å². The van der Waals surface area contributed by atoms with Gasteiger partial charge in [-0.2, -0.15) is 0 Å². The van der Waals surface area contributed by atoms with Crippen molar-refractivity contribution in [2.45, 2.75) is 12.3 Å². The molecule has 11 rings (SSSR count). The van der Waals surface area contributed by atoms with Gasteiger partial charge in [0.25, 0.3) is 0 Å². The minimum Gasteiger partial charge on any atom is -0.310 e. The van der Waals surface area contributed by atoms with Crippen LogP contribution in [0.2, 0.25) is 0 Å². The van der Waals surface area contributed by atoms with Crippen molar-refractivity contribution in [2.24, 2.45) is 0 Å². The number of anilines is 3. The average molecular weight is 732 g/mol. The van der Waals surface area contributed by atoms with Crippen LogP contribution in [-0.4, -0.2) is 0 Å². The van der Waals surface area contributed by atoms with Gasteiger partial charge in [0.1, 0.15) is 0 Å². The van der Waals surface area contributed by atoms with Crippen LogP contribution in [0.5, 0.6) is 0 Å². The van der Waals surface area contributed by atoms with Crippen molar-refractivity contribution >= 4 is 59.3 Å². The summed E-state index contributed by atoms with van der Waals surface area (Å²) in [6.07, 6.45) is 0. The molecule has 0 fully saturated rings. The van der Waals surface area contributed by atoms with Crippen molar-refractivity contribution in [3.05, 3.63) is 223 Å². The van der Waals surface area contributed by atoms with Crippen LogP contribution in [-0.2, 0) is 5.41 Å². The van der Waals surface area contributed by atoms with Crippen molar-refractivity contribution in [1.29, 1.82) is 0 Å². The Bertz CT molecular complexity index is 3110. The maximum absolute atomic E-state index is 2.46. The lowest BCUT2D eigenvalue weighted by atomic mass is 9.74. The molecule has 0 N–H and O–H groups in total. The van der Waals surface area contributed by atoms with Gasteiger partial charge in [-0.05, 0) is 110 Å². The molecule has 0 radical (unpaired) electrons. The number of hydrogen-bond acceptors (Lipinski definition) is 2. The zero-order valence-electron chi connectivity index (χ0n) is 31.0. The summed E-state index contributed by atoms with van der Waals surface area (Å²) in [5.41, 5.74) is 14.5. The van der Waals surface area contributed by atoms with Crippen LogP contribution in [0.25, 0.3) is 64.3 Å². The Hall–Kier alpha value is -6.74. The summed E-state index contributed by atoms with van der Waals surface area (Å²) in [7, 11) is 0. The summed E-state index contributed by atoms with van der Waals surface area (Å²) in [5.74, 6) is 0. The molecule has 2 heteroatoms. The predicted molar refractivity (Wildman–Crippen MR) is 240 cm³/mol.